The van der Waals surface area contributed by atoms with Gasteiger partial charge < -0.3 is 10.1 Å². The van der Waals surface area contributed by atoms with Crippen molar-refractivity contribution < 1.29 is 9.13 Å². The van der Waals surface area contributed by atoms with Gasteiger partial charge in [-0.15, -0.1) is 0 Å². The maximum Gasteiger partial charge on any atom is 0.127 e. The number of hydrogen-bond acceptors (Lipinski definition) is 2. The summed E-state index contributed by atoms with van der Waals surface area (Å²) in [5.74, 6) is -0.256. The van der Waals surface area contributed by atoms with Gasteiger partial charge in [-0.05, 0) is 56.8 Å². The Kier molecular flexibility index (Phi) is 5.42. The fraction of sp³-hybridized carbons (Fsp3) is 0.625. The fourth-order valence-corrected chi connectivity index (χ4v) is 3.01. The zero-order valence-corrected chi connectivity index (χ0v) is 13.1. The molecule has 0 saturated carbocycles. The number of hydrogen-bond donors (Lipinski definition) is 1. The van der Waals surface area contributed by atoms with Crippen molar-refractivity contribution in [1.82, 2.24) is 5.32 Å². The maximum absolute atomic E-state index is 13.6. The van der Waals surface area contributed by atoms with E-state index in [4.69, 9.17) is 16.3 Å². The van der Waals surface area contributed by atoms with Gasteiger partial charge in [0, 0.05) is 5.02 Å². The van der Waals surface area contributed by atoms with Crippen LogP contribution in [0.4, 0.5) is 4.39 Å². The van der Waals surface area contributed by atoms with Gasteiger partial charge in [0.25, 0.3) is 0 Å². The van der Waals surface area contributed by atoms with E-state index < -0.39 is 0 Å². The van der Waals surface area contributed by atoms with Crippen LogP contribution in [-0.4, -0.2) is 18.8 Å². The third kappa shape index (κ3) is 3.51. The summed E-state index contributed by atoms with van der Waals surface area (Å²) >= 11 is 6.25. The number of aryl methyl sites for hydroxylation is 1. The van der Waals surface area contributed by atoms with E-state index >= 15 is 0 Å². The second kappa shape index (κ2) is 6.88. The summed E-state index contributed by atoms with van der Waals surface area (Å²) < 4.78 is 19.6. The van der Waals surface area contributed by atoms with Crippen molar-refractivity contribution in [2.75, 3.05) is 6.54 Å². The third-order valence-electron chi connectivity index (χ3n) is 3.86. The third-order valence-corrected chi connectivity index (χ3v) is 4.19. The van der Waals surface area contributed by atoms with Gasteiger partial charge in [0.15, 0.2) is 0 Å². The zero-order valence-electron chi connectivity index (χ0n) is 12.4. The van der Waals surface area contributed by atoms with Crippen LogP contribution in [0.3, 0.4) is 0 Å². The fourth-order valence-electron chi connectivity index (χ4n) is 2.74. The molecule has 1 aromatic carbocycles. The van der Waals surface area contributed by atoms with Gasteiger partial charge in [0.05, 0.1) is 18.2 Å². The van der Waals surface area contributed by atoms with Crippen LogP contribution in [0.25, 0.3) is 0 Å². The number of ether oxygens (including phenoxy) is 1. The molecule has 0 aromatic heterocycles. The van der Waals surface area contributed by atoms with Gasteiger partial charge in [0.2, 0.25) is 0 Å². The topological polar surface area (TPSA) is 21.3 Å². The lowest BCUT2D eigenvalue weighted by atomic mass is 9.97. The molecule has 1 fully saturated rings. The van der Waals surface area contributed by atoms with Gasteiger partial charge in [-0.3, -0.25) is 0 Å². The smallest absolute Gasteiger partial charge is 0.127 e. The minimum atomic E-state index is -0.256. The molecule has 1 aliphatic rings. The molecule has 3 atom stereocenters. The highest BCUT2D eigenvalue weighted by Crippen LogP contribution is 2.34. The number of nitrogens with one attached hydrogen (secondary N) is 1. The molecule has 1 aromatic rings. The first-order valence-electron chi connectivity index (χ1n) is 7.37. The Morgan fingerprint density at radius 1 is 1.45 bits per heavy atom. The van der Waals surface area contributed by atoms with Crippen molar-refractivity contribution in [2.45, 2.75) is 58.3 Å². The Morgan fingerprint density at radius 2 is 2.20 bits per heavy atom. The van der Waals surface area contributed by atoms with E-state index in [1.54, 1.807) is 6.92 Å². The molecule has 1 heterocycles. The van der Waals surface area contributed by atoms with Crippen LogP contribution in [0.5, 0.6) is 0 Å². The van der Waals surface area contributed by atoms with Gasteiger partial charge in [-0.2, -0.15) is 0 Å². The Labute approximate surface area is 125 Å². The first-order chi connectivity index (χ1) is 9.52. The Hall–Kier alpha value is -0.640. The summed E-state index contributed by atoms with van der Waals surface area (Å²) in [4.78, 5) is 0. The van der Waals surface area contributed by atoms with Gasteiger partial charge in [-0.1, -0.05) is 24.6 Å². The Morgan fingerprint density at radius 3 is 2.80 bits per heavy atom. The molecule has 0 bridgehead atoms. The Balaban J connectivity index is 2.28. The summed E-state index contributed by atoms with van der Waals surface area (Å²) in [7, 11) is 0. The molecule has 0 radical (unpaired) electrons. The normalized spacial score (nSPS) is 24.1. The van der Waals surface area contributed by atoms with E-state index in [2.05, 4.69) is 19.2 Å². The van der Waals surface area contributed by atoms with E-state index in [-0.39, 0.29) is 24.1 Å². The van der Waals surface area contributed by atoms with Gasteiger partial charge in [0.1, 0.15) is 5.82 Å². The predicted molar refractivity (Wildman–Crippen MR) is 80.8 cm³/mol. The monoisotopic (exact) mass is 299 g/mol. The molecule has 1 N–H and O–H groups in total. The summed E-state index contributed by atoms with van der Waals surface area (Å²) in [6, 6.07) is 3.29. The average molecular weight is 300 g/mol. The molecule has 3 unspecified atom stereocenters. The summed E-state index contributed by atoms with van der Waals surface area (Å²) in [6.45, 7) is 6.88. The van der Waals surface area contributed by atoms with Crippen molar-refractivity contribution in [1.29, 1.82) is 0 Å². The van der Waals surface area contributed by atoms with Crippen LogP contribution in [-0.2, 0) is 4.74 Å². The van der Waals surface area contributed by atoms with E-state index in [1.807, 2.05) is 6.07 Å². The number of halogens is 2. The van der Waals surface area contributed by atoms with E-state index in [1.165, 1.54) is 6.07 Å². The quantitative estimate of drug-likeness (QED) is 0.870. The largest absolute Gasteiger partial charge is 0.373 e. The lowest BCUT2D eigenvalue weighted by Crippen LogP contribution is -2.33. The van der Waals surface area contributed by atoms with Gasteiger partial charge >= 0.3 is 0 Å². The van der Waals surface area contributed by atoms with Crippen molar-refractivity contribution in [2.24, 2.45) is 0 Å². The molecule has 1 saturated heterocycles. The average Bonchev–Trinajstić information content (AvgIpc) is 2.82. The Bertz CT molecular complexity index is 466. The highest BCUT2D eigenvalue weighted by Gasteiger charge is 2.31. The first kappa shape index (κ1) is 15.7. The molecule has 0 aliphatic carbocycles. The van der Waals surface area contributed by atoms with Crippen LogP contribution in [0.2, 0.25) is 5.02 Å². The summed E-state index contributed by atoms with van der Waals surface area (Å²) in [6.07, 6.45) is 3.50. The molecule has 2 nitrogen and oxygen atoms in total. The van der Waals surface area contributed by atoms with E-state index in [0.717, 1.165) is 31.4 Å². The molecule has 2 rings (SSSR count). The molecule has 20 heavy (non-hydrogen) atoms. The predicted octanol–water partition coefficient (Wildman–Crippen LogP) is 4.40. The standard InChI is InChI=1S/C16H23ClFNO/c1-4-7-19-16(15-6-5-11(3)20-15)12-8-10(2)14(18)9-13(12)17/h8-9,11,15-16,19H,4-7H2,1-3H3. The van der Waals surface area contributed by atoms with E-state index in [0.29, 0.717) is 10.6 Å². The van der Waals surface area contributed by atoms with Crippen LogP contribution >= 0.6 is 11.6 Å². The maximum atomic E-state index is 13.6. The second-order valence-electron chi connectivity index (χ2n) is 5.62. The highest BCUT2D eigenvalue weighted by atomic mass is 35.5. The summed E-state index contributed by atoms with van der Waals surface area (Å²) in [5.41, 5.74) is 1.57. The lowest BCUT2D eigenvalue weighted by Gasteiger charge is -2.26. The molecule has 1 aliphatic heterocycles. The van der Waals surface area contributed by atoms with Crippen LogP contribution in [0.1, 0.15) is 50.3 Å². The minimum absolute atomic E-state index is 0.0340. The van der Waals surface area contributed by atoms with Crippen molar-refractivity contribution in [3.8, 4) is 0 Å². The first-order valence-corrected chi connectivity index (χ1v) is 7.75. The van der Waals surface area contributed by atoms with Crippen LogP contribution < -0.4 is 5.32 Å². The number of benzene rings is 1. The van der Waals surface area contributed by atoms with Gasteiger partial charge in [-0.25, -0.2) is 4.39 Å². The SMILES string of the molecule is CCCNC(c1cc(C)c(F)cc1Cl)C1CCC(C)O1. The highest BCUT2D eigenvalue weighted by molar-refractivity contribution is 6.31. The van der Waals surface area contributed by atoms with Crippen LogP contribution in [0.15, 0.2) is 12.1 Å². The lowest BCUT2D eigenvalue weighted by molar-refractivity contribution is 0.0316. The van der Waals surface area contributed by atoms with Crippen molar-refractivity contribution in [3.05, 3.63) is 34.1 Å². The molecule has 0 amide bonds. The van der Waals surface area contributed by atoms with Crippen LogP contribution in [0, 0.1) is 12.7 Å². The molecular formula is C16H23ClFNO. The van der Waals surface area contributed by atoms with Crippen molar-refractivity contribution >= 4 is 11.6 Å². The molecule has 112 valence electrons. The van der Waals surface area contributed by atoms with E-state index in [9.17, 15) is 4.39 Å². The zero-order chi connectivity index (χ0) is 14.7. The second-order valence-corrected chi connectivity index (χ2v) is 6.02. The molecule has 4 heteroatoms. The molecule has 0 spiro atoms. The summed E-state index contributed by atoms with van der Waals surface area (Å²) in [5, 5.41) is 3.98. The minimum Gasteiger partial charge on any atom is -0.373 e. The number of rotatable bonds is 5. The van der Waals surface area contributed by atoms with Crippen molar-refractivity contribution in [3.63, 3.8) is 0 Å². The molecular weight excluding hydrogens is 277 g/mol.